The Balaban J connectivity index is 1.51. The van der Waals surface area contributed by atoms with Crippen LogP contribution in [-0.2, 0) is 4.79 Å². The van der Waals surface area contributed by atoms with Crippen molar-refractivity contribution in [2.75, 3.05) is 24.3 Å². The van der Waals surface area contributed by atoms with Gasteiger partial charge in [0.15, 0.2) is 0 Å². The standard InChI is InChI=1S/C22H24N4O3/c1-29-19-10-8-18(9-11-19)25-21(28)16-4-6-17(7-5-16)24-14-20(27)26-22(15-23)12-2-3-13-22/h4-11,24H,2-3,12-14H2,1H3,(H,25,28)(H,26,27). The molecule has 150 valence electrons. The highest BCUT2D eigenvalue weighted by Gasteiger charge is 2.35. The number of amides is 2. The molecule has 1 saturated carbocycles. The molecule has 0 aromatic heterocycles. The lowest BCUT2D eigenvalue weighted by molar-refractivity contribution is -0.120. The first-order chi connectivity index (χ1) is 14.0. The van der Waals surface area contributed by atoms with Crippen molar-refractivity contribution < 1.29 is 14.3 Å². The zero-order valence-electron chi connectivity index (χ0n) is 16.3. The molecular formula is C22H24N4O3. The first-order valence-electron chi connectivity index (χ1n) is 9.55. The van der Waals surface area contributed by atoms with E-state index in [0.29, 0.717) is 24.1 Å². The van der Waals surface area contributed by atoms with Crippen molar-refractivity contribution in [3.05, 3.63) is 54.1 Å². The first kappa shape index (κ1) is 20.2. The Morgan fingerprint density at radius 1 is 1.03 bits per heavy atom. The van der Waals surface area contributed by atoms with Crippen molar-refractivity contribution in [3.63, 3.8) is 0 Å². The van der Waals surface area contributed by atoms with Crippen LogP contribution in [-0.4, -0.2) is 31.0 Å². The van der Waals surface area contributed by atoms with Gasteiger partial charge in [-0.05, 0) is 74.2 Å². The Kier molecular flexibility index (Phi) is 6.35. The van der Waals surface area contributed by atoms with Crippen molar-refractivity contribution in [2.24, 2.45) is 0 Å². The van der Waals surface area contributed by atoms with Crippen LogP contribution in [0.2, 0.25) is 0 Å². The minimum atomic E-state index is -0.720. The number of benzene rings is 2. The Morgan fingerprint density at radius 2 is 1.66 bits per heavy atom. The molecule has 3 rings (SSSR count). The van der Waals surface area contributed by atoms with Crippen LogP contribution in [0, 0.1) is 11.3 Å². The van der Waals surface area contributed by atoms with Crippen LogP contribution in [0.15, 0.2) is 48.5 Å². The first-order valence-corrected chi connectivity index (χ1v) is 9.55. The predicted molar refractivity (Wildman–Crippen MR) is 111 cm³/mol. The maximum absolute atomic E-state index is 12.4. The van der Waals surface area contributed by atoms with Gasteiger partial charge < -0.3 is 20.7 Å². The average Bonchev–Trinajstić information content (AvgIpc) is 3.22. The molecule has 0 unspecified atom stereocenters. The van der Waals surface area contributed by atoms with E-state index in [-0.39, 0.29) is 18.4 Å². The topological polar surface area (TPSA) is 103 Å². The van der Waals surface area contributed by atoms with E-state index in [9.17, 15) is 14.9 Å². The van der Waals surface area contributed by atoms with Crippen molar-refractivity contribution in [1.29, 1.82) is 5.26 Å². The molecule has 0 spiro atoms. The minimum absolute atomic E-state index is 0.0703. The van der Waals surface area contributed by atoms with Crippen molar-refractivity contribution >= 4 is 23.2 Å². The van der Waals surface area contributed by atoms with Crippen LogP contribution in [0.25, 0.3) is 0 Å². The third kappa shape index (κ3) is 5.26. The van der Waals surface area contributed by atoms with E-state index in [2.05, 4.69) is 22.0 Å². The second-order valence-corrected chi connectivity index (χ2v) is 7.06. The van der Waals surface area contributed by atoms with Crippen LogP contribution >= 0.6 is 0 Å². The minimum Gasteiger partial charge on any atom is -0.497 e. The molecule has 0 bridgehead atoms. The number of methoxy groups -OCH3 is 1. The number of nitrogens with one attached hydrogen (secondary N) is 3. The summed E-state index contributed by atoms with van der Waals surface area (Å²) in [6.07, 6.45) is 3.32. The highest BCUT2D eigenvalue weighted by molar-refractivity contribution is 6.04. The number of carbonyl (C=O) groups is 2. The van der Waals surface area contributed by atoms with Gasteiger partial charge in [-0.2, -0.15) is 5.26 Å². The van der Waals surface area contributed by atoms with Gasteiger partial charge in [-0.3, -0.25) is 9.59 Å². The summed E-state index contributed by atoms with van der Waals surface area (Å²) < 4.78 is 5.10. The molecule has 29 heavy (non-hydrogen) atoms. The second kappa shape index (κ2) is 9.11. The Labute approximate surface area is 170 Å². The molecule has 1 aliphatic carbocycles. The van der Waals surface area contributed by atoms with Crippen LogP contribution < -0.4 is 20.7 Å². The van der Waals surface area contributed by atoms with Crippen molar-refractivity contribution in [3.8, 4) is 11.8 Å². The fourth-order valence-electron chi connectivity index (χ4n) is 3.35. The number of carbonyl (C=O) groups excluding carboxylic acids is 2. The summed E-state index contributed by atoms with van der Waals surface area (Å²) in [5, 5.41) is 18.0. The second-order valence-electron chi connectivity index (χ2n) is 7.06. The molecule has 0 radical (unpaired) electrons. The number of nitrogens with zero attached hydrogens (tertiary/aromatic N) is 1. The third-order valence-electron chi connectivity index (χ3n) is 5.00. The number of nitriles is 1. The molecule has 0 aliphatic heterocycles. The third-order valence-corrected chi connectivity index (χ3v) is 5.00. The van der Waals surface area contributed by atoms with E-state index in [4.69, 9.17) is 4.74 Å². The monoisotopic (exact) mass is 392 g/mol. The number of ether oxygens (including phenoxy) is 1. The summed E-state index contributed by atoms with van der Waals surface area (Å²) in [5.41, 5.74) is 1.18. The lowest BCUT2D eigenvalue weighted by Gasteiger charge is -2.22. The van der Waals surface area contributed by atoms with E-state index in [1.807, 2.05) is 0 Å². The Bertz CT molecular complexity index is 895. The van der Waals surface area contributed by atoms with Gasteiger partial charge in [0.25, 0.3) is 5.91 Å². The molecule has 2 aromatic rings. The number of hydrogen-bond donors (Lipinski definition) is 3. The summed E-state index contributed by atoms with van der Waals surface area (Å²) in [6, 6.07) is 16.2. The smallest absolute Gasteiger partial charge is 0.255 e. The largest absolute Gasteiger partial charge is 0.497 e. The van der Waals surface area contributed by atoms with Gasteiger partial charge in [-0.1, -0.05) is 0 Å². The van der Waals surface area contributed by atoms with Gasteiger partial charge in [-0.25, -0.2) is 0 Å². The molecule has 1 aliphatic rings. The quantitative estimate of drug-likeness (QED) is 0.671. The predicted octanol–water partition coefficient (Wildman–Crippen LogP) is 3.31. The van der Waals surface area contributed by atoms with Crippen molar-refractivity contribution in [2.45, 2.75) is 31.2 Å². The zero-order chi connectivity index (χ0) is 20.7. The summed E-state index contributed by atoms with van der Waals surface area (Å²) in [6.45, 7) is 0.0703. The summed E-state index contributed by atoms with van der Waals surface area (Å²) in [4.78, 5) is 24.5. The molecule has 0 saturated heterocycles. The average molecular weight is 392 g/mol. The highest BCUT2D eigenvalue weighted by atomic mass is 16.5. The van der Waals surface area contributed by atoms with Gasteiger partial charge >= 0.3 is 0 Å². The Hall–Kier alpha value is -3.53. The number of anilines is 2. The lowest BCUT2D eigenvalue weighted by Crippen LogP contribution is -2.47. The molecule has 1 fully saturated rings. The highest BCUT2D eigenvalue weighted by Crippen LogP contribution is 2.28. The van der Waals surface area contributed by atoms with E-state index in [1.54, 1.807) is 55.6 Å². The normalized spacial score (nSPS) is 14.5. The number of hydrogen-bond acceptors (Lipinski definition) is 5. The van der Waals surface area contributed by atoms with Crippen LogP contribution in [0.5, 0.6) is 5.75 Å². The van der Waals surface area contributed by atoms with E-state index in [0.717, 1.165) is 24.3 Å². The maximum atomic E-state index is 12.4. The van der Waals surface area contributed by atoms with Gasteiger partial charge in [0.1, 0.15) is 11.3 Å². The van der Waals surface area contributed by atoms with Crippen LogP contribution in [0.1, 0.15) is 36.0 Å². The molecule has 2 amide bonds. The van der Waals surface area contributed by atoms with Crippen molar-refractivity contribution in [1.82, 2.24) is 5.32 Å². The zero-order valence-corrected chi connectivity index (χ0v) is 16.3. The van der Waals surface area contributed by atoms with E-state index in [1.165, 1.54) is 0 Å². The summed E-state index contributed by atoms with van der Waals surface area (Å²) >= 11 is 0. The molecular weight excluding hydrogens is 368 g/mol. The van der Waals surface area contributed by atoms with Gasteiger partial charge in [0.2, 0.25) is 5.91 Å². The molecule has 0 heterocycles. The molecule has 7 heteroatoms. The Morgan fingerprint density at radius 3 is 2.24 bits per heavy atom. The SMILES string of the molecule is COc1ccc(NC(=O)c2ccc(NCC(=O)NC3(C#N)CCCC3)cc2)cc1. The van der Waals surface area contributed by atoms with E-state index < -0.39 is 5.54 Å². The number of rotatable bonds is 7. The van der Waals surface area contributed by atoms with Crippen LogP contribution in [0.3, 0.4) is 0 Å². The fraction of sp³-hybridized carbons (Fsp3) is 0.318. The summed E-state index contributed by atoms with van der Waals surface area (Å²) in [5.74, 6) is 0.280. The molecule has 2 aromatic carbocycles. The van der Waals surface area contributed by atoms with Gasteiger partial charge in [0, 0.05) is 16.9 Å². The summed E-state index contributed by atoms with van der Waals surface area (Å²) in [7, 11) is 1.59. The lowest BCUT2D eigenvalue weighted by atomic mass is 10.00. The maximum Gasteiger partial charge on any atom is 0.255 e. The fourth-order valence-corrected chi connectivity index (χ4v) is 3.35. The molecule has 7 nitrogen and oxygen atoms in total. The van der Waals surface area contributed by atoms with Gasteiger partial charge in [-0.15, -0.1) is 0 Å². The van der Waals surface area contributed by atoms with E-state index >= 15 is 0 Å². The molecule has 3 N–H and O–H groups in total. The van der Waals surface area contributed by atoms with Crippen LogP contribution in [0.4, 0.5) is 11.4 Å². The van der Waals surface area contributed by atoms with Gasteiger partial charge in [0.05, 0.1) is 19.7 Å². The molecule has 0 atom stereocenters.